The monoisotopic (exact) mass is 274 g/mol. The van der Waals surface area contributed by atoms with Crippen molar-refractivity contribution in [2.24, 2.45) is 0 Å². The van der Waals surface area contributed by atoms with Crippen LogP contribution in [-0.4, -0.2) is 26.0 Å². The minimum atomic E-state index is -0.387. The first kappa shape index (κ1) is 14.3. The Balaban J connectivity index is 2.33. The normalized spacial score (nSPS) is 14.9. The first-order chi connectivity index (χ1) is 9.67. The van der Waals surface area contributed by atoms with Gasteiger partial charge in [-0.15, -0.1) is 0 Å². The van der Waals surface area contributed by atoms with E-state index in [0.29, 0.717) is 35.3 Å². The second kappa shape index (κ2) is 6.37. The fraction of sp³-hybridized carbons (Fsp3) is 0.375. The van der Waals surface area contributed by atoms with Crippen LogP contribution >= 0.6 is 0 Å². The molecule has 0 amide bonds. The van der Waals surface area contributed by atoms with Gasteiger partial charge in [0.05, 0.1) is 14.2 Å². The maximum Gasteiger partial charge on any atom is 0.334 e. The van der Waals surface area contributed by atoms with Gasteiger partial charge < -0.3 is 9.47 Å². The van der Waals surface area contributed by atoms with Gasteiger partial charge in [-0.05, 0) is 49.9 Å². The third kappa shape index (κ3) is 2.90. The second-order valence-corrected chi connectivity index (χ2v) is 4.71. The fourth-order valence-electron chi connectivity index (χ4n) is 2.42. The maximum absolute atomic E-state index is 12.5. The van der Waals surface area contributed by atoms with E-state index in [1.54, 1.807) is 31.4 Å². The van der Waals surface area contributed by atoms with Gasteiger partial charge >= 0.3 is 5.97 Å². The predicted octanol–water partition coefficient (Wildman–Crippen LogP) is 2.92. The highest BCUT2D eigenvalue weighted by atomic mass is 16.5. The lowest BCUT2D eigenvalue weighted by Crippen LogP contribution is -2.17. The third-order valence-electron chi connectivity index (χ3n) is 3.53. The Hall–Kier alpha value is -2.10. The van der Waals surface area contributed by atoms with Gasteiger partial charge in [0.1, 0.15) is 5.75 Å². The second-order valence-electron chi connectivity index (χ2n) is 4.71. The highest BCUT2D eigenvalue weighted by Crippen LogP contribution is 2.28. The van der Waals surface area contributed by atoms with E-state index < -0.39 is 0 Å². The maximum atomic E-state index is 12.5. The van der Waals surface area contributed by atoms with Crippen molar-refractivity contribution in [2.75, 3.05) is 14.2 Å². The van der Waals surface area contributed by atoms with Gasteiger partial charge in [0, 0.05) is 16.7 Å². The molecule has 0 bridgehead atoms. The minimum Gasteiger partial charge on any atom is -0.497 e. The number of Topliss-reactive ketones (excluding diaryl/α,β-unsaturated/α-hetero) is 1. The number of carbonyl (C=O) groups excluding carboxylic acids is 2. The van der Waals surface area contributed by atoms with Crippen LogP contribution in [0.1, 0.15) is 36.0 Å². The summed E-state index contributed by atoms with van der Waals surface area (Å²) in [6, 6.07) is 6.93. The Labute approximate surface area is 118 Å². The van der Waals surface area contributed by atoms with E-state index in [-0.39, 0.29) is 11.8 Å². The summed E-state index contributed by atoms with van der Waals surface area (Å²) in [5.74, 6) is 0.224. The highest BCUT2D eigenvalue weighted by Gasteiger charge is 2.25. The van der Waals surface area contributed by atoms with Crippen LogP contribution in [0.4, 0.5) is 0 Å². The first-order valence-corrected chi connectivity index (χ1v) is 6.66. The molecule has 0 N–H and O–H groups in total. The molecule has 0 atom stereocenters. The van der Waals surface area contributed by atoms with E-state index in [1.807, 2.05) is 0 Å². The molecule has 0 radical (unpaired) electrons. The number of ether oxygens (including phenoxy) is 2. The van der Waals surface area contributed by atoms with Crippen molar-refractivity contribution in [3.63, 3.8) is 0 Å². The van der Waals surface area contributed by atoms with E-state index in [0.717, 1.165) is 12.8 Å². The number of carbonyl (C=O) groups is 2. The number of hydrogen-bond donors (Lipinski definition) is 0. The van der Waals surface area contributed by atoms with Crippen LogP contribution in [0.2, 0.25) is 0 Å². The predicted molar refractivity (Wildman–Crippen MR) is 74.8 cm³/mol. The lowest BCUT2D eigenvalue weighted by atomic mass is 9.87. The zero-order chi connectivity index (χ0) is 14.5. The minimum absolute atomic E-state index is 0.0900. The third-order valence-corrected chi connectivity index (χ3v) is 3.53. The van der Waals surface area contributed by atoms with E-state index in [4.69, 9.17) is 9.47 Å². The smallest absolute Gasteiger partial charge is 0.334 e. The SMILES string of the molecule is COC(=O)C1=C(C(=O)c2ccc(OC)cc2)CCCC1. The molecule has 1 aromatic rings. The largest absolute Gasteiger partial charge is 0.497 e. The molecular weight excluding hydrogens is 256 g/mol. The molecule has 1 aliphatic rings. The van der Waals surface area contributed by atoms with Crippen molar-refractivity contribution in [3.05, 3.63) is 41.0 Å². The van der Waals surface area contributed by atoms with Gasteiger partial charge in [0.2, 0.25) is 0 Å². The topological polar surface area (TPSA) is 52.6 Å². The molecule has 2 rings (SSSR count). The van der Waals surface area contributed by atoms with Gasteiger partial charge in [0.25, 0.3) is 0 Å². The summed E-state index contributed by atoms with van der Waals surface area (Å²) in [6.07, 6.45) is 3.10. The number of allylic oxidation sites excluding steroid dienone is 1. The van der Waals surface area contributed by atoms with Crippen molar-refractivity contribution >= 4 is 11.8 Å². The van der Waals surface area contributed by atoms with Crippen molar-refractivity contribution in [2.45, 2.75) is 25.7 Å². The summed E-state index contributed by atoms with van der Waals surface area (Å²) < 4.78 is 9.85. The number of ketones is 1. The number of benzene rings is 1. The van der Waals surface area contributed by atoms with Crippen LogP contribution in [0.15, 0.2) is 35.4 Å². The molecule has 0 aliphatic heterocycles. The van der Waals surface area contributed by atoms with Crippen LogP contribution in [0.3, 0.4) is 0 Å². The van der Waals surface area contributed by atoms with Crippen LogP contribution in [0, 0.1) is 0 Å². The lowest BCUT2D eigenvalue weighted by molar-refractivity contribution is -0.136. The number of rotatable bonds is 4. The Morgan fingerprint density at radius 1 is 0.950 bits per heavy atom. The Kier molecular flexibility index (Phi) is 4.56. The number of esters is 1. The molecule has 0 saturated heterocycles. The molecule has 1 aromatic carbocycles. The van der Waals surface area contributed by atoms with Gasteiger partial charge in [-0.3, -0.25) is 4.79 Å². The lowest BCUT2D eigenvalue weighted by Gasteiger charge is -2.18. The highest BCUT2D eigenvalue weighted by molar-refractivity contribution is 6.13. The van der Waals surface area contributed by atoms with Crippen molar-refractivity contribution in [1.29, 1.82) is 0 Å². The fourth-order valence-corrected chi connectivity index (χ4v) is 2.42. The number of hydrogen-bond acceptors (Lipinski definition) is 4. The van der Waals surface area contributed by atoms with Crippen molar-refractivity contribution in [1.82, 2.24) is 0 Å². The molecule has 0 fully saturated rings. The molecule has 4 heteroatoms. The molecule has 0 heterocycles. The molecule has 0 aromatic heterocycles. The van der Waals surface area contributed by atoms with Crippen LogP contribution in [0.5, 0.6) is 5.75 Å². The Morgan fingerprint density at radius 2 is 1.55 bits per heavy atom. The molecule has 20 heavy (non-hydrogen) atoms. The van der Waals surface area contributed by atoms with Gasteiger partial charge in [-0.1, -0.05) is 0 Å². The molecular formula is C16H18O4. The van der Waals surface area contributed by atoms with Gasteiger partial charge in [-0.2, -0.15) is 0 Å². The molecule has 4 nitrogen and oxygen atoms in total. The summed E-state index contributed by atoms with van der Waals surface area (Å²) in [6.45, 7) is 0. The number of methoxy groups -OCH3 is 2. The van der Waals surface area contributed by atoms with Crippen LogP contribution in [0.25, 0.3) is 0 Å². The van der Waals surface area contributed by atoms with E-state index in [1.165, 1.54) is 7.11 Å². The average molecular weight is 274 g/mol. The summed E-state index contributed by atoms with van der Waals surface area (Å²) in [7, 11) is 2.93. The summed E-state index contributed by atoms with van der Waals surface area (Å²) in [4.78, 5) is 24.3. The summed E-state index contributed by atoms with van der Waals surface area (Å²) >= 11 is 0. The van der Waals surface area contributed by atoms with Gasteiger partial charge in [-0.25, -0.2) is 4.79 Å². The molecule has 1 aliphatic carbocycles. The summed E-state index contributed by atoms with van der Waals surface area (Å²) in [5, 5.41) is 0. The molecule has 0 unspecified atom stereocenters. The molecule has 0 spiro atoms. The summed E-state index contributed by atoms with van der Waals surface area (Å²) in [5.41, 5.74) is 1.69. The molecule has 106 valence electrons. The van der Waals surface area contributed by atoms with Crippen molar-refractivity contribution in [3.8, 4) is 5.75 Å². The van der Waals surface area contributed by atoms with Crippen LogP contribution in [-0.2, 0) is 9.53 Å². The Morgan fingerprint density at radius 3 is 2.10 bits per heavy atom. The Bertz CT molecular complexity index is 540. The first-order valence-electron chi connectivity index (χ1n) is 6.66. The quantitative estimate of drug-likeness (QED) is 0.625. The molecule has 0 saturated carbocycles. The zero-order valence-electron chi connectivity index (χ0n) is 11.8. The van der Waals surface area contributed by atoms with E-state index >= 15 is 0 Å². The van der Waals surface area contributed by atoms with E-state index in [9.17, 15) is 9.59 Å². The standard InChI is InChI=1S/C16H18O4/c1-19-12-9-7-11(8-10-12)15(17)13-5-3-4-6-14(13)16(18)20-2/h7-10H,3-6H2,1-2H3. The van der Waals surface area contributed by atoms with Crippen LogP contribution < -0.4 is 4.74 Å². The van der Waals surface area contributed by atoms with E-state index in [2.05, 4.69) is 0 Å². The average Bonchev–Trinajstić information content (AvgIpc) is 2.53. The van der Waals surface area contributed by atoms with Gasteiger partial charge in [0.15, 0.2) is 5.78 Å². The zero-order valence-corrected chi connectivity index (χ0v) is 11.8. The van der Waals surface area contributed by atoms with Crippen molar-refractivity contribution < 1.29 is 19.1 Å².